The van der Waals surface area contributed by atoms with Crippen molar-refractivity contribution in [2.45, 2.75) is 18.6 Å². The molecular weight excluding hydrogens is 304 g/mol. The van der Waals surface area contributed by atoms with Gasteiger partial charge in [-0.2, -0.15) is 0 Å². The molecule has 0 amide bonds. The molecule has 1 aromatic carbocycles. The third-order valence-corrected chi connectivity index (χ3v) is 3.96. The molecule has 0 bridgehead atoms. The van der Waals surface area contributed by atoms with E-state index in [0.717, 1.165) is 22.2 Å². The third kappa shape index (κ3) is 2.51. The molecule has 4 heteroatoms. The number of benzene rings is 1. The molecule has 0 spiro atoms. The summed E-state index contributed by atoms with van der Waals surface area (Å²) in [6.45, 7) is 0. The van der Waals surface area contributed by atoms with Gasteiger partial charge in [0.05, 0.1) is 0 Å². The number of rotatable bonds is 2. The second-order valence-electron chi connectivity index (χ2n) is 4.65. The number of halogens is 1. The minimum Gasteiger partial charge on any atom is -0.485 e. The largest absolute Gasteiger partial charge is 0.485 e. The van der Waals surface area contributed by atoms with Crippen molar-refractivity contribution in [3.8, 4) is 5.75 Å². The molecule has 3 rings (SSSR count). The van der Waals surface area contributed by atoms with Crippen molar-refractivity contribution in [1.82, 2.24) is 10.3 Å². The fraction of sp³-hybridized carbons (Fsp3) is 0.267. The van der Waals surface area contributed by atoms with Crippen LogP contribution in [0.25, 0.3) is 0 Å². The van der Waals surface area contributed by atoms with Crippen LogP contribution in [-0.4, -0.2) is 12.0 Å². The summed E-state index contributed by atoms with van der Waals surface area (Å²) in [5.41, 5.74) is 2.33. The van der Waals surface area contributed by atoms with E-state index in [1.165, 1.54) is 5.56 Å². The topological polar surface area (TPSA) is 34.2 Å². The van der Waals surface area contributed by atoms with Gasteiger partial charge in [0.25, 0.3) is 0 Å². The molecular formula is C15H15BrN2O. The Morgan fingerprint density at radius 2 is 2.26 bits per heavy atom. The highest BCUT2D eigenvalue weighted by molar-refractivity contribution is 9.10. The maximum Gasteiger partial charge on any atom is 0.127 e. The second-order valence-corrected chi connectivity index (χ2v) is 5.57. The lowest BCUT2D eigenvalue weighted by Crippen LogP contribution is -2.26. The highest BCUT2D eigenvalue weighted by Crippen LogP contribution is 2.41. The lowest BCUT2D eigenvalue weighted by molar-refractivity contribution is 0.153. The molecule has 0 saturated carbocycles. The van der Waals surface area contributed by atoms with Crippen molar-refractivity contribution in [2.24, 2.45) is 0 Å². The average molecular weight is 319 g/mol. The Bertz CT molecular complexity index is 574. The van der Waals surface area contributed by atoms with Gasteiger partial charge in [0, 0.05) is 40.5 Å². The van der Waals surface area contributed by atoms with Crippen LogP contribution >= 0.6 is 15.9 Å². The average Bonchev–Trinajstić information content (AvgIpc) is 2.47. The van der Waals surface area contributed by atoms with Gasteiger partial charge in [-0.1, -0.05) is 22.0 Å². The van der Waals surface area contributed by atoms with Crippen molar-refractivity contribution in [1.29, 1.82) is 0 Å². The van der Waals surface area contributed by atoms with Crippen molar-refractivity contribution >= 4 is 15.9 Å². The Morgan fingerprint density at radius 1 is 1.37 bits per heavy atom. The van der Waals surface area contributed by atoms with Gasteiger partial charge >= 0.3 is 0 Å². The van der Waals surface area contributed by atoms with Crippen LogP contribution < -0.4 is 10.1 Å². The van der Waals surface area contributed by atoms with Crippen LogP contribution in [-0.2, 0) is 0 Å². The summed E-state index contributed by atoms with van der Waals surface area (Å²) in [6.07, 6.45) is 4.62. The molecule has 19 heavy (non-hydrogen) atoms. The molecule has 3 nitrogen and oxygen atoms in total. The van der Waals surface area contributed by atoms with Gasteiger partial charge in [0.15, 0.2) is 0 Å². The fourth-order valence-corrected chi connectivity index (χ4v) is 2.86. The molecule has 2 atom stereocenters. The molecule has 0 fully saturated rings. The van der Waals surface area contributed by atoms with Crippen LogP contribution in [0.3, 0.4) is 0 Å². The smallest absolute Gasteiger partial charge is 0.127 e. The normalized spacial score (nSPS) is 21.6. The molecule has 1 aliphatic heterocycles. The van der Waals surface area contributed by atoms with Gasteiger partial charge in [-0.25, -0.2) is 0 Å². The predicted octanol–water partition coefficient (Wildman–Crippen LogP) is 3.63. The van der Waals surface area contributed by atoms with Crippen LogP contribution in [0.2, 0.25) is 0 Å². The Balaban J connectivity index is 1.96. The molecule has 0 saturated heterocycles. The van der Waals surface area contributed by atoms with E-state index in [2.05, 4.69) is 38.4 Å². The van der Waals surface area contributed by atoms with E-state index in [0.29, 0.717) is 6.04 Å². The summed E-state index contributed by atoms with van der Waals surface area (Å²) < 4.78 is 7.18. The molecule has 2 heterocycles. The summed E-state index contributed by atoms with van der Waals surface area (Å²) in [4.78, 5) is 4.17. The first kappa shape index (κ1) is 12.6. The van der Waals surface area contributed by atoms with Crippen molar-refractivity contribution in [2.75, 3.05) is 7.05 Å². The molecule has 1 N–H and O–H groups in total. The summed E-state index contributed by atoms with van der Waals surface area (Å²) in [6, 6.07) is 10.5. The predicted molar refractivity (Wildman–Crippen MR) is 78.2 cm³/mol. The molecule has 0 radical (unpaired) electrons. The van der Waals surface area contributed by atoms with E-state index >= 15 is 0 Å². The Morgan fingerprint density at radius 3 is 3.00 bits per heavy atom. The first-order valence-electron chi connectivity index (χ1n) is 6.31. The fourth-order valence-electron chi connectivity index (χ4n) is 2.49. The van der Waals surface area contributed by atoms with Gasteiger partial charge in [0.1, 0.15) is 11.9 Å². The summed E-state index contributed by atoms with van der Waals surface area (Å²) in [5.74, 6) is 0.947. The molecule has 2 unspecified atom stereocenters. The number of aromatic nitrogens is 1. The molecule has 1 aliphatic rings. The van der Waals surface area contributed by atoms with Gasteiger partial charge in [-0.3, -0.25) is 4.98 Å². The zero-order chi connectivity index (χ0) is 13.2. The third-order valence-electron chi connectivity index (χ3n) is 3.47. The van der Waals surface area contributed by atoms with Gasteiger partial charge in [-0.15, -0.1) is 0 Å². The number of pyridine rings is 1. The highest BCUT2D eigenvalue weighted by Gasteiger charge is 2.28. The Labute approximate surface area is 121 Å². The monoisotopic (exact) mass is 318 g/mol. The van der Waals surface area contributed by atoms with Crippen LogP contribution in [0, 0.1) is 0 Å². The quantitative estimate of drug-likeness (QED) is 0.918. The van der Waals surface area contributed by atoms with E-state index in [1.807, 2.05) is 31.4 Å². The highest BCUT2D eigenvalue weighted by atomic mass is 79.9. The number of ether oxygens (including phenoxy) is 1. The first-order valence-corrected chi connectivity index (χ1v) is 7.10. The van der Waals surface area contributed by atoms with Crippen LogP contribution in [0.4, 0.5) is 0 Å². The van der Waals surface area contributed by atoms with E-state index in [1.54, 1.807) is 6.20 Å². The maximum absolute atomic E-state index is 6.10. The van der Waals surface area contributed by atoms with E-state index in [-0.39, 0.29) is 6.10 Å². The number of fused-ring (bicyclic) bond motifs is 1. The summed E-state index contributed by atoms with van der Waals surface area (Å²) >= 11 is 3.51. The number of nitrogens with one attached hydrogen (secondary N) is 1. The van der Waals surface area contributed by atoms with Crippen LogP contribution in [0.1, 0.15) is 29.7 Å². The Hall–Kier alpha value is -1.39. The second kappa shape index (κ2) is 5.31. The lowest BCUT2D eigenvalue weighted by Gasteiger charge is -2.32. The number of nitrogens with zero attached hydrogens (tertiary/aromatic N) is 1. The molecule has 0 aliphatic carbocycles. The summed E-state index contributed by atoms with van der Waals surface area (Å²) in [5, 5.41) is 3.37. The van der Waals surface area contributed by atoms with Gasteiger partial charge < -0.3 is 10.1 Å². The van der Waals surface area contributed by atoms with E-state index < -0.39 is 0 Å². The van der Waals surface area contributed by atoms with Gasteiger partial charge in [-0.05, 0) is 31.3 Å². The minimum absolute atomic E-state index is 0.0554. The van der Waals surface area contributed by atoms with Crippen molar-refractivity contribution in [3.05, 3.63) is 58.3 Å². The van der Waals surface area contributed by atoms with Crippen LogP contribution in [0.15, 0.2) is 47.2 Å². The maximum atomic E-state index is 6.10. The molecule has 1 aromatic heterocycles. The SMILES string of the molecule is CNC1CC(c2cccnc2)Oc2ccc(Br)cc21. The minimum atomic E-state index is 0.0554. The number of hydrogen-bond acceptors (Lipinski definition) is 3. The van der Waals surface area contributed by atoms with Crippen molar-refractivity contribution in [3.63, 3.8) is 0 Å². The first-order chi connectivity index (χ1) is 9.28. The zero-order valence-electron chi connectivity index (χ0n) is 10.6. The molecule has 2 aromatic rings. The van der Waals surface area contributed by atoms with E-state index in [9.17, 15) is 0 Å². The lowest BCUT2D eigenvalue weighted by atomic mass is 9.94. The van der Waals surface area contributed by atoms with E-state index in [4.69, 9.17) is 4.74 Å². The standard InChI is InChI=1S/C15H15BrN2O/c1-17-13-8-15(10-3-2-6-18-9-10)19-14-5-4-11(16)7-12(13)14/h2-7,9,13,15,17H,8H2,1H3. The molecule has 98 valence electrons. The summed E-state index contributed by atoms with van der Waals surface area (Å²) in [7, 11) is 1.99. The van der Waals surface area contributed by atoms with Crippen molar-refractivity contribution < 1.29 is 4.74 Å². The number of hydrogen-bond donors (Lipinski definition) is 1. The van der Waals surface area contributed by atoms with Gasteiger partial charge in [0.2, 0.25) is 0 Å². The Kier molecular flexibility index (Phi) is 3.53. The van der Waals surface area contributed by atoms with Crippen LogP contribution in [0.5, 0.6) is 5.75 Å². The zero-order valence-corrected chi connectivity index (χ0v) is 12.2.